The van der Waals surface area contributed by atoms with Gasteiger partial charge in [-0.1, -0.05) is 12.1 Å². The van der Waals surface area contributed by atoms with E-state index in [1.54, 1.807) is 0 Å². The lowest BCUT2D eigenvalue weighted by molar-refractivity contribution is 1.25. The van der Waals surface area contributed by atoms with Gasteiger partial charge in [-0.05, 0) is 96.7 Å². The second-order valence-electron chi connectivity index (χ2n) is 5.82. The predicted octanol–water partition coefficient (Wildman–Crippen LogP) is 4.20. The summed E-state index contributed by atoms with van der Waals surface area (Å²) in [6.07, 6.45) is 0. The number of rotatable bonds is 1. The monoisotopic (exact) mass is 302 g/mol. The minimum Gasteiger partial charge on any atom is -0.105 e. The molecule has 2 rings (SSSR count). The normalized spacial score (nSPS) is 11.0. The van der Waals surface area contributed by atoms with E-state index < -0.39 is 0 Å². The molecule has 106 valence electrons. The molecule has 2 heteroatoms. The SMILES string of the molecule is Cc1cc(P)c(-c2c(P)cc(C)c(C)c2C)c(C)c1C. The van der Waals surface area contributed by atoms with Gasteiger partial charge in [0.25, 0.3) is 0 Å². The van der Waals surface area contributed by atoms with Crippen molar-refractivity contribution in [2.45, 2.75) is 41.5 Å². The second-order valence-corrected chi connectivity index (χ2v) is 7.06. The average molecular weight is 302 g/mol. The zero-order valence-corrected chi connectivity index (χ0v) is 15.6. The first-order valence-corrected chi connectivity index (χ1v) is 8.14. The highest BCUT2D eigenvalue weighted by atomic mass is 31.0. The summed E-state index contributed by atoms with van der Waals surface area (Å²) < 4.78 is 0. The molecule has 0 spiro atoms. The lowest BCUT2D eigenvalue weighted by atomic mass is 9.89. The maximum Gasteiger partial charge on any atom is -0.00711 e. The van der Waals surface area contributed by atoms with Crippen LogP contribution in [-0.2, 0) is 0 Å². The van der Waals surface area contributed by atoms with Crippen molar-refractivity contribution in [3.8, 4) is 11.1 Å². The molecule has 0 N–H and O–H groups in total. The van der Waals surface area contributed by atoms with E-state index in [9.17, 15) is 0 Å². The van der Waals surface area contributed by atoms with E-state index in [1.807, 2.05) is 0 Å². The fraction of sp³-hybridized carbons (Fsp3) is 0.333. The quantitative estimate of drug-likeness (QED) is 0.692. The van der Waals surface area contributed by atoms with Crippen LogP contribution >= 0.6 is 18.5 Å². The number of hydrogen-bond acceptors (Lipinski definition) is 0. The van der Waals surface area contributed by atoms with Crippen LogP contribution in [0.5, 0.6) is 0 Å². The first-order chi connectivity index (χ1) is 9.25. The van der Waals surface area contributed by atoms with Crippen LogP contribution < -0.4 is 10.6 Å². The lowest BCUT2D eigenvalue weighted by Gasteiger charge is -2.21. The molecule has 0 aliphatic carbocycles. The van der Waals surface area contributed by atoms with Crippen LogP contribution in [0.4, 0.5) is 0 Å². The minimum atomic E-state index is 1.29. The van der Waals surface area contributed by atoms with Gasteiger partial charge in [-0.25, -0.2) is 0 Å². The Morgan fingerprint density at radius 1 is 0.550 bits per heavy atom. The molecule has 2 aromatic rings. The van der Waals surface area contributed by atoms with E-state index in [0.29, 0.717) is 0 Å². The molecule has 2 atom stereocenters. The fourth-order valence-corrected chi connectivity index (χ4v) is 4.11. The molecule has 0 aliphatic heterocycles. The Morgan fingerprint density at radius 3 is 1.15 bits per heavy atom. The van der Waals surface area contributed by atoms with Crippen molar-refractivity contribution >= 4 is 29.1 Å². The molecule has 0 radical (unpaired) electrons. The number of benzene rings is 2. The van der Waals surface area contributed by atoms with Gasteiger partial charge in [-0.15, -0.1) is 18.5 Å². The van der Waals surface area contributed by atoms with E-state index >= 15 is 0 Å². The van der Waals surface area contributed by atoms with Crippen molar-refractivity contribution < 1.29 is 0 Å². The van der Waals surface area contributed by atoms with Crippen LogP contribution in [0, 0.1) is 41.5 Å². The van der Waals surface area contributed by atoms with Crippen LogP contribution in [0.2, 0.25) is 0 Å². The van der Waals surface area contributed by atoms with Crippen LogP contribution in [-0.4, -0.2) is 0 Å². The van der Waals surface area contributed by atoms with Gasteiger partial charge in [0.05, 0.1) is 0 Å². The third-order valence-electron chi connectivity index (χ3n) is 4.63. The molecule has 0 heterocycles. The van der Waals surface area contributed by atoms with Gasteiger partial charge in [0.2, 0.25) is 0 Å². The molecule has 0 nitrogen and oxygen atoms in total. The largest absolute Gasteiger partial charge is 0.105 e. The van der Waals surface area contributed by atoms with Crippen LogP contribution in [0.25, 0.3) is 11.1 Å². The summed E-state index contributed by atoms with van der Waals surface area (Å²) in [5, 5.41) is 2.58. The first kappa shape index (κ1) is 15.7. The van der Waals surface area contributed by atoms with E-state index in [2.05, 4.69) is 72.2 Å². The summed E-state index contributed by atoms with van der Waals surface area (Å²) in [7, 11) is 5.83. The molecule has 20 heavy (non-hydrogen) atoms. The molecular formula is C18H24P2. The Hall–Kier alpha value is -0.700. The summed E-state index contributed by atoms with van der Waals surface area (Å²) in [6, 6.07) is 4.56. The summed E-state index contributed by atoms with van der Waals surface area (Å²) >= 11 is 0. The molecule has 0 saturated carbocycles. The van der Waals surface area contributed by atoms with Gasteiger partial charge in [-0.2, -0.15) is 0 Å². The van der Waals surface area contributed by atoms with Gasteiger partial charge in [0.1, 0.15) is 0 Å². The maximum atomic E-state index is 2.91. The van der Waals surface area contributed by atoms with Crippen LogP contribution in [0.3, 0.4) is 0 Å². The van der Waals surface area contributed by atoms with Crippen molar-refractivity contribution in [1.29, 1.82) is 0 Å². The Bertz CT molecular complexity index is 636. The van der Waals surface area contributed by atoms with E-state index in [-0.39, 0.29) is 0 Å². The van der Waals surface area contributed by atoms with E-state index in [4.69, 9.17) is 0 Å². The number of aryl methyl sites for hydroxylation is 2. The molecular weight excluding hydrogens is 278 g/mol. The van der Waals surface area contributed by atoms with Crippen molar-refractivity contribution in [3.05, 3.63) is 45.5 Å². The standard InChI is InChI=1S/C18H24P2/c1-9-7-15(19)17(13(5)11(9)3)18-14(6)12(4)10(2)8-16(18)20/h7-8H,19-20H2,1-6H3. The molecule has 0 amide bonds. The molecule has 2 unspecified atom stereocenters. The van der Waals surface area contributed by atoms with Crippen molar-refractivity contribution in [3.63, 3.8) is 0 Å². The minimum absolute atomic E-state index is 1.29. The molecule has 0 bridgehead atoms. The van der Waals surface area contributed by atoms with Gasteiger partial charge in [0.15, 0.2) is 0 Å². The smallest absolute Gasteiger partial charge is 0.00711 e. The highest BCUT2D eigenvalue weighted by Gasteiger charge is 2.16. The zero-order chi connectivity index (χ0) is 15.2. The van der Waals surface area contributed by atoms with Gasteiger partial charge < -0.3 is 0 Å². The number of hydrogen-bond donors (Lipinski definition) is 0. The third kappa shape index (κ3) is 2.45. The van der Waals surface area contributed by atoms with Crippen molar-refractivity contribution in [2.24, 2.45) is 0 Å². The first-order valence-electron chi connectivity index (χ1n) is 6.98. The predicted molar refractivity (Wildman–Crippen MR) is 99.0 cm³/mol. The van der Waals surface area contributed by atoms with Gasteiger partial charge in [0, 0.05) is 0 Å². The molecule has 0 aliphatic rings. The van der Waals surface area contributed by atoms with Crippen LogP contribution in [0.15, 0.2) is 12.1 Å². The molecule has 0 fully saturated rings. The third-order valence-corrected chi connectivity index (χ3v) is 5.54. The van der Waals surface area contributed by atoms with Gasteiger partial charge in [-0.3, -0.25) is 0 Å². The maximum absolute atomic E-state index is 2.91. The fourth-order valence-electron chi connectivity index (χ4n) is 2.89. The second kappa shape index (κ2) is 5.59. The van der Waals surface area contributed by atoms with Crippen molar-refractivity contribution in [2.75, 3.05) is 0 Å². The Morgan fingerprint density at radius 2 is 0.850 bits per heavy atom. The van der Waals surface area contributed by atoms with Gasteiger partial charge >= 0.3 is 0 Å². The zero-order valence-electron chi connectivity index (χ0n) is 13.3. The summed E-state index contributed by atoms with van der Waals surface area (Å²) in [6.45, 7) is 13.3. The Balaban J connectivity index is 2.90. The molecule has 2 aromatic carbocycles. The van der Waals surface area contributed by atoms with Crippen LogP contribution in [0.1, 0.15) is 33.4 Å². The van der Waals surface area contributed by atoms with E-state index in [1.165, 1.54) is 55.1 Å². The topological polar surface area (TPSA) is 0 Å². The average Bonchev–Trinajstić information content (AvgIpc) is 2.37. The molecule has 0 saturated heterocycles. The lowest BCUT2D eigenvalue weighted by Crippen LogP contribution is -2.12. The Labute approximate surface area is 127 Å². The highest BCUT2D eigenvalue weighted by Crippen LogP contribution is 2.32. The Kier molecular flexibility index (Phi) is 4.38. The van der Waals surface area contributed by atoms with E-state index in [0.717, 1.165) is 0 Å². The highest BCUT2D eigenvalue weighted by molar-refractivity contribution is 7.29. The summed E-state index contributed by atoms with van der Waals surface area (Å²) in [5.41, 5.74) is 11.1. The summed E-state index contributed by atoms with van der Waals surface area (Å²) in [5.74, 6) is 0. The molecule has 0 aromatic heterocycles. The van der Waals surface area contributed by atoms with Crippen molar-refractivity contribution in [1.82, 2.24) is 0 Å². The summed E-state index contributed by atoms with van der Waals surface area (Å²) in [4.78, 5) is 0.